The van der Waals surface area contributed by atoms with E-state index in [0.29, 0.717) is 0 Å². The minimum atomic E-state index is -0.461. The van der Waals surface area contributed by atoms with Crippen LogP contribution in [0.25, 0.3) is 0 Å². The van der Waals surface area contributed by atoms with Gasteiger partial charge in [0, 0.05) is 12.2 Å². The second-order valence-corrected chi connectivity index (χ2v) is 7.16. The highest BCUT2D eigenvalue weighted by molar-refractivity contribution is 6.02. The Labute approximate surface area is 157 Å². The van der Waals surface area contributed by atoms with Gasteiger partial charge >= 0.3 is 0 Å². The summed E-state index contributed by atoms with van der Waals surface area (Å²) in [5.41, 5.74) is 2.45. The highest BCUT2D eigenvalue weighted by Gasteiger charge is 2.45. The van der Waals surface area contributed by atoms with Gasteiger partial charge in [0.15, 0.2) is 0 Å². The fourth-order valence-electron chi connectivity index (χ4n) is 3.91. The Morgan fingerprint density at radius 1 is 0.885 bits per heavy atom. The van der Waals surface area contributed by atoms with Crippen molar-refractivity contribution in [1.82, 2.24) is 4.90 Å². The van der Waals surface area contributed by atoms with E-state index in [1.165, 1.54) is 18.4 Å². The maximum atomic E-state index is 13.4. The highest BCUT2D eigenvalue weighted by atomic mass is 16.2. The van der Waals surface area contributed by atoms with Gasteiger partial charge in [-0.05, 0) is 37.0 Å². The summed E-state index contributed by atoms with van der Waals surface area (Å²) in [5, 5.41) is 3.78. The lowest BCUT2D eigenvalue weighted by molar-refractivity contribution is 0.0459. The lowest BCUT2D eigenvalue weighted by atomic mass is 9.87. The third-order valence-electron chi connectivity index (χ3n) is 5.33. The third-order valence-corrected chi connectivity index (χ3v) is 5.33. The number of rotatable bonds is 8. The summed E-state index contributed by atoms with van der Waals surface area (Å²) in [4.78, 5) is 15.5. The molecule has 0 saturated heterocycles. The fraction of sp³-hybridized carbons (Fsp3) is 0.435. The minimum absolute atomic E-state index is 0.146. The first-order chi connectivity index (χ1) is 12.7. The Morgan fingerprint density at radius 2 is 1.58 bits per heavy atom. The summed E-state index contributed by atoms with van der Waals surface area (Å²) in [7, 11) is 0. The van der Waals surface area contributed by atoms with E-state index in [0.717, 1.165) is 43.5 Å². The van der Waals surface area contributed by atoms with E-state index < -0.39 is 5.66 Å². The number of carbonyl (C=O) groups is 1. The van der Waals surface area contributed by atoms with Crippen LogP contribution in [0.3, 0.4) is 0 Å². The van der Waals surface area contributed by atoms with Gasteiger partial charge < -0.3 is 10.2 Å². The fourth-order valence-corrected chi connectivity index (χ4v) is 3.91. The lowest BCUT2D eigenvalue weighted by Gasteiger charge is -2.49. The van der Waals surface area contributed by atoms with Crippen LogP contribution in [-0.2, 0) is 5.66 Å². The zero-order valence-corrected chi connectivity index (χ0v) is 16.0. The largest absolute Gasteiger partial charge is 0.358 e. The van der Waals surface area contributed by atoms with Crippen molar-refractivity contribution in [3.63, 3.8) is 0 Å². The molecule has 138 valence electrons. The van der Waals surface area contributed by atoms with E-state index >= 15 is 0 Å². The number of hydrogen-bond donors (Lipinski definition) is 1. The summed E-state index contributed by atoms with van der Waals surface area (Å²) >= 11 is 0. The summed E-state index contributed by atoms with van der Waals surface area (Å²) in [6.07, 6.45) is 6.45. The molecule has 1 unspecified atom stereocenters. The van der Waals surface area contributed by atoms with Crippen LogP contribution < -0.4 is 5.32 Å². The van der Waals surface area contributed by atoms with Gasteiger partial charge in [-0.25, -0.2) is 0 Å². The molecular weight excluding hydrogens is 320 g/mol. The highest BCUT2D eigenvalue weighted by Crippen LogP contribution is 2.41. The standard InChI is InChI=1S/C23H30N2O/c1-3-5-12-17-23(19-13-8-7-9-14-19)24-21-16-11-10-15-20(21)22(26)25(23)18-6-4-2/h7-11,13-16,24H,3-6,12,17-18H2,1-2H3. The molecule has 0 fully saturated rings. The van der Waals surface area contributed by atoms with Gasteiger partial charge in [-0.1, -0.05) is 75.6 Å². The molecule has 1 amide bonds. The van der Waals surface area contributed by atoms with Crippen LogP contribution in [0.15, 0.2) is 54.6 Å². The molecule has 1 atom stereocenters. The number of hydrogen-bond acceptors (Lipinski definition) is 2. The van der Waals surface area contributed by atoms with Crippen LogP contribution in [0.2, 0.25) is 0 Å². The van der Waals surface area contributed by atoms with Crippen molar-refractivity contribution in [3.8, 4) is 0 Å². The van der Waals surface area contributed by atoms with Crippen molar-refractivity contribution in [2.24, 2.45) is 0 Å². The molecule has 1 aliphatic rings. The Bertz CT molecular complexity index is 728. The summed E-state index contributed by atoms with van der Waals surface area (Å²) in [5.74, 6) is 0.146. The molecule has 0 bridgehead atoms. The van der Waals surface area contributed by atoms with Gasteiger partial charge in [-0.3, -0.25) is 4.79 Å². The second-order valence-electron chi connectivity index (χ2n) is 7.16. The molecule has 0 aromatic heterocycles. The topological polar surface area (TPSA) is 32.3 Å². The zero-order chi connectivity index (χ0) is 18.4. The van der Waals surface area contributed by atoms with Gasteiger partial charge in [-0.15, -0.1) is 0 Å². The summed E-state index contributed by atoms with van der Waals surface area (Å²) in [6, 6.07) is 18.4. The predicted molar refractivity (Wildman–Crippen MR) is 108 cm³/mol. The van der Waals surface area contributed by atoms with Crippen LogP contribution in [0, 0.1) is 0 Å². The average Bonchev–Trinajstić information content (AvgIpc) is 2.68. The number of nitrogens with zero attached hydrogens (tertiary/aromatic N) is 1. The molecule has 1 aliphatic heterocycles. The van der Waals surface area contributed by atoms with E-state index in [9.17, 15) is 4.79 Å². The average molecular weight is 351 g/mol. The molecule has 1 N–H and O–H groups in total. The molecular formula is C23H30N2O. The first kappa shape index (κ1) is 18.5. The molecule has 3 rings (SSSR count). The first-order valence-corrected chi connectivity index (χ1v) is 9.97. The maximum Gasteiger partial charge on any atom is 0.258 e. The Morgan fingerprint density at radius 3 is 2.31 bits per heavy atom. The van der Waals surface area contributed by atoms with Crippen LogP contribution >= 0.6 is 0 Å². The molecule has 1 heterocycles. The Kier molecular flexibility index (Phi) is 5.97. The van der Waals surface area contributed by atoms with Crippen molar-refractivity contribution in [3.05, 3.63) is 65.7 Å². The molecule has 2 aromatic carbocycles. The smallest absolute Gasteiger partial charge is 0.258 e. The number of nitrogens with one attached hydrogen (secondary N) is 1. The summed E-state index contributed by atoms with van der Waals surface area (Å²) in [6.45, 7) is 5.17. The number of unbranched alkanes of at least 4 members (excludes halogenated alkanes) is 3. The van der Waals surface area contributed by atoms with E-state index in [2.05, 4.69) is 48.3 Å². The number of carbonyl (C=O) groups excluding carboxylic acids is 1. The molecule has 3 nitrogen and oxygen atoms in total. The SMILES string of the molecule is CCCCCC1(c2ccccc2)Nc2ccccc2C(=O)N1CCCC. The van der Waals surface area contributed by atoms with E-state index in [1.807, 2.05) is 30.3 Å². The van der Waals surface area contributed by atoms with Gasteiger partial charge in [-0.2, -0.15) is 0 Å². The van der Waals surface area contributed by atoms with E-state index in [-0.39, 0.29) is 5.91 Å². The predicted octanol–water partition coefficient (Wildman–Crippen LogP) is 5.79. The summed E-state index contributed by atoms with van der Waals surface area (Å²) < 4.78 is 0. The number of benzene rings is 2. The van der Waals surface area contributed by atoms with Gasteiger partial charge in [0.1, 0.15) is 5.66 Å². The van der Waals surface area contributed by atoms with Crippen molar-refractivity contribution in [1.29, 1.82) is 0 Å². The van der Waals surface area contributed by atoms with Crippen LogP contribution in [0.1, 0.15) is 68.3 Å². The van der Waals surface area contributed by atoms with Gasteiger partial charge in [0.05, 0.1) is 5.56 Å². The van der Waals surface area contributed by atoms with Crippen LogP contribution in [0.4, 0.5) is 5.69 Å². The second kappa shape index (κ2) is 8.39. The molecule has 26 heavy (non-hydrogen) atoms. The van der Waals surface area contributed by atoms with Gasteiger partial charge in [0.2, 0.25) is 0 Å². The zero-order valence-electron chi connectivity index (χ0n) is 16.0. The number of para-hydroxylation sites is 1. The van der Waals surface area contributed by atoms with E-state index in [1.54, 1.807) is 0 Å². The number of amides is 1. The molecule has 0 spiro atoms. The van der Waals surface area contributed by atoms with Crippen molar-refractivity contribution >= 4 is 11.6 Å². The van der Waals surface area contributed by atoms with Crippen LogP contribution in [-0.4, -0.2) is 17.4 Å². The number of anilines is 1. The van der Waals surface area contributed by atoms with Crippen molar-refractivity contribution < 1.29 is 4.79 Å². The molecule has 2 aromatic rings. The molecule has 0 radical (unpaired) electrons. The molecule has 0 aliphatic carbocycles. The molecule has 3 heteroatoms. The first-order valence-electron chi connectivity index (χ1n) is 9.97. The lowest BCUT2D eigenvalue weighted by Crippen LogP contribution is -2.57. The third kappa shape index (κ3) is 3.48. The normalized spacial score (nSPS) is 19.2. The van der Waals surface area contributed by atoms with Crippen molar-refractivity contribution in [2.45, 2.75) is 58.0 Å². The molecule has 0 saturated carbocycles. The number of fused-ring (bicyclic) bond motifs is 1. The quantitative estimate of drug-likeness (QED) is 0.611. The van der Waals surface area contributed by atoms with E-state index in [4.69, 9.17) is 0 Å². The maximum absolute atomic E-state index is 13.4. The monoisotopic (exact) mass is 350 g/mol. The van der Waals surface area contributed by atoms with Crippen molar-refractivity contribution in [2.75, 3.05) is 11.9 Å². The van der Waals surface area contributed by atoms with Gasteiger partial charge in [0.25, 0.3) is 5.91 Å². The van der Waals surface area contributed by atoms with Crippen LogP contribution in [0.5, 0.6) is 0 Å². The minimum Gasteiger partial charge on any atom is -0.358 e. The Balaban J connectivity index is 2.09. The Hall–Kier alpha value is -2.29.